The summed E-state index contributed by atoms with van der Waals surface area (Å²) in [5.41, 5.74) is 1.70. The number of aryl methyl sites for hydroxylation is 1. The van der Waals surface area contributed by atoms with E-state index in [1.165, 1.54) is 0 Å². The summed E-state index contributed by atoms with van der Waals surface area (Å²) in [5, 5.41) is 16.8. The van der Waals surface area contributed by atoms with Gasteiger partial charge in [-0.2, -0.15) is 0 Å². The number of carboxylic acid groups (broad SMARTS) is 1. The van der Waals surface area contributed by atoms with Crippen LogP contribution in [0.3, 0.4) is 0 Å². The Morgan fingerprint density at radius 3 is 3.00 bits per heavy atom. The SMILES string of the molecule is O=C(O)CCCCc1cn(-c2ccc3c(c2)OCO3)nn1. The molecule has 1 aliphatic heterocycles. The molecule has 1 aliphatic rings. The molecule has 0 atom stereocenters. The van der Waals surface area contributed by atoms with E-state index >= 15 is 0 Å². The first-order valence-electron chi connectivity index (χ1n) is 6.75. The minimum Gasteiger partial charge on any atom is -0.481 e. The predicted octanol–water partition coefficient (Wildman–Crippen LogP) is 1.79. The van der Waals surface area contributed by atoms with Crippen molar-refractivity contribution < 1.29 is 19.4 Å². The van der Waals surface area contributed by atoms with Crippen LogP contribution in [0.5, 0.6) is 11.5 Å². The maximum Gasteiger partial charge on any atom is 0.303 e. The molecular formula is C14H15N3O4. The minimum atomic E-state index is -0.765. The van der Waals surface area contributed by atoms with Crippen molar-refractivity contribution in [1.29, 1.82) is 0 Å². The Morgan fingerprint density at radius 1 is 1.29 bits per heavy atom. The minimum absolute atomic E-state index is 0.191. The van der Waals surface area contributed by atoms with Crippen LogP contribution in [-0.4, -0.2) is 32.9 Å². The largest absolute Gasteiger partial charge is 0.481 e. The van der Waals surface area contributed by atoms with Crippen molar-refractivity contribution in [2.24, 2.45) is 0 Å². The van der Waals surface area contributed by atoms with Gasteiger partial charge >= 0.3 is 5.97 Å². The summed E-state index contributed by atoms with van der Waals surface area (Å²) in [6.07, 6.45) is 4.19. The predicted molar refractivity (Wildman–Crippen MR) is 72.7 cm³/mol. The molecule has 7 nitrogen and oxygen atoms in total. The summed E-state index contributed by atoms with van der Waals surface area (Å²) >= 11 is 0. The highest BCUT2D eigenvalue weighted by molar-refractivity contribution is 5.66. The van der Waals surface area contributed by atoms with Crippen molar-refractivity contribution in [3.63, 3.8) is 0 Å². The van der Waals surface area contributed by atoms with E-state index in [4.69, 9.17) is 14.6 Å². The van der Waals surface area contributed by atoms with E-state index in [9.17, 15) is 4.79 Å². The normalized spacial score (nSPS) is 12.6. The fraction of sp³-hybridized carbons (Fsp3) is 0.357. The van der Waals surface area contributed by atoms with Crippen LogP contribution in [0.25, 0.3) is 5.69 Å². The molecule has 0 spiro atoms. The molecule has 21 heavy (non-hydrogen) atoms. The van der Waals surface area contributed by atoms with Crippen LogP contribution >= 0.6 is 0 Å². The second kappa shape index (κ2) is 5.82. The fourth-order valence-corrected chi connectivity index (χ4v) is 2.15. The summed E-state index contributed by atoms with van der Waals surface area (Å²) in [7, 11) is 0. The van der Waals surface area contributed by atoms with Gasteiger partial charge in [0.2, 0.25) is 6.79 Å². The molecule has 0 saturated heterocycles. The Bertz CT molecular complexity index is 653. The number of fused-ring (bicyclic) bond motifs is 1. The molecule has 1 aromatic heterocycles. The fourth-order valence-electron chi connectivity index (χ4n) is 2.15. The number of aliphatic carboxylic acids is 1. The Morgan fingerprint density at radius 2 is 2.14 bits per heavy atom. The van der Waals surface area contributed by atoms with Gasteiger partial charge in [0.25, 0.3) is 0 Å². The lowest BCUT2D eigenvalue weighted by molar-refractivity contribution is -0.137. The molecule has 0 aliphatic carbocycles. The second-order valence-electron chi connectivity index (χ2n) is 4.79. The summed E-state index contributed by atoms with van der Waals surface area (Å²) in [4.78, 5) is 10.4. The maximum absolute atomic E-state index is 10.4. The van der Waals surface area contributed by atoms with Crippen molar-refractivity contribution in [2.75, 3.05) is 6.79 Å². The lowest BCUT2D eigenvalue weighted by atomic mass is 10.1. The van der Waals surface area contributed by atoms with Gasteiger partial charge < -0.3 is 14.6 Å². The quantitative estimate of drug-likeness (QED) is 0.816. The average Bonchev–Trinajstić information content (AvgIpc) is 3.11. The third-order valence-corrected chi connectivity index (χ3v) is 3.24. The number of carboxylic acids is 1. The zero-order chi connectivity index (χ0) is 14.7. The molecule has 0 unspecified atom stereocenters. The number of rotatable bonds is 6. The first-order chi connectivity index (χ1) is 10.2. The molecule has 0 saturated carbocycles. The van der Waals surface area contributed by atoms with Crippen LogP contribution in [0.4, 0.5) is 0 Å². The Labute approximate surface area is 121 Å². The van der Waals surface area contributed by atoms with Crippen molar-refractivity contribution in [1.82, 2.24) is 15.0 Å². The van der Waals surface area contributed by atoms with E-state index in [2.05, 4.69) is 10.3 Å². The standard InChI is InChI=1S/C14H15N3O4/c18-14(19)4-2-1-3-10-8-17(16-15-10)11-5-6-12-13(7-11)21-9-20-12/h5-8H,1-4,9H2,(H,18,19). The van der Waals surface area contributed by atoms with Crippen LogP contribution in [0.2, 0.25) is 0 Å². The average molecular weight is 289 g/mol. The number of carbonyl (C=O) groups is 1. The van der Waals surface area contributed by atoms with Crippen LogP contribution in [0.1, 0.15) is 25.0 Å². The molecule has 1 N–H and O–H groups in total. The van der Waals surface area contributed by atoms with Gasteiger partial charge in [0, 0.05) is 12.5 Å². The molecule has 2 aromatic rings. The molecule has 1 aromatic carbocycles. The van der Waals surface area contributed by atoms with E-state index in [0.717, 1.165) is 30.0 Å². The Kier molecular flexibility index (Phi) is 3.72. The molecule has 110 valence electrons. The van der Waals surface area contributed by atoms with E-state index in [-0.39, 0.29) is 13.2 Å². The molecule has 0 amide bonds. The van der Waals surface area contributed by atoms with Crippen molar-refractivity contribution in [3.8, 4) is 17.2 Å². The van der Waals surface area contributed by atoms with Gasteiger partial charge in [-0.3, -0.25) is 4.79 Å². The van der Waals surface area contributed by atoms with Crippen molar-refractivity contribution >= 4 is 5.97 Å². The molecule has 0 radical (unpaired) electrons. The van der Waals surface area contributed by atoms with Crippen molar-refractivity contribution in [2.45, 2.75) is 25.7 Å². The van der Waals surface area contributed by atoms with Gasteiger partial charge in [-0.15, -0.1) is 5.10 Å². The number of unbranched alkanes of at least 4 members (excludes halogenated alkanes) is 1. The monoisotopic (exact) mass is 289 g/mol. The zero-order valence-electron chi connectivity index (χ0n) is 11.4. The van der Waals surface area contributed by atoms with Gasteiger partial charge in [0.05, 0.1) is 17.6 Å². The van der Waals surface area contributed by atoms with Gasteiger partial charge in [0.15, 0.2) is 11.5 Å². The number of ether oxygens (including phenoxy) is 2. The van der Waals surface area contributed by atoms with Crippen molar-refractivity contribution in [3.05, 3.63) is 30.1 Å². The summed E-state index contributed by atoms with van der Waals surface area (Å²) < 4.78 is 12.3. The lowest BCUT2D eigenvalue weighted by Gasteiger charge is -2.01. The van der Waals surface area contributed by atoms with Crippen LogP contribution in [0, 0.1) is 0 Å². The zero-order valence-corrected chi connectivity index (χ0v) is 11.4. The number of nitrogens with zero attached hydrogens (tertiary/aromatic N) is 3. The van der Waals surface area contributed by atoms with E-state index < -0.39 is 5.97 Å². The molecule has 0 bridgehead atoms. The molecule has 3 rings (SSSR count). The van der Waals surface area contributed by atoms with Crippen LogP contribution in [-0.2, 0) is 11.2 Å². The molecular weight excluding hydrogens is 274 g/mol. The summed E-state index contributed by atoms with van der Waals surface area (Å²) in [6, 6.07) is 5.58. The first-order valence-corrected chi connectivity index (χ1v) is 6.75. The van der Waals surface area contributed by atoms with Gasteiger partial charge in [-0.25, -0.2) is 4.68 Å². The van der Waals surface area contributed by atoms with Crippen LogP contribution < -0.4 is 9.47 Å². The van der Waals surface area contributed by atoms with Crippen LogP contribution in [0.15, 0.2) is 24.4 Å². The highest BCUT2D eigenvalue weighted by Crippen LogP contribution is 2.33. The summed E-state index contributed by atoms with van der Waals surface area (Å²) in [6.45, 7) is 0.241. The number of hydrogen-bond acceptors (Lipinski definition) is 5. The smallest absolute Gasteiger partial charge is 0.303 e. The highest BCUT2D eigenvalue weighted by Gasteiger charge is 2.14. The van der Waals surface area contributed by atoms with Gasteiger partial charge in [-0.1, -0.05) is 5.21 Å². The third-order valence-electron chi connectivity index (χ3n) is 3.24. The molecule has 2 heterocycles. The molecule has 0 fully saturated rings. The maximum atomic E-state index is 10.4. The topological polar surface area (TPSA) is 86.5 Å². The van der Waals surface area contributed by atoms with E-state index in [1.54, 1.807) is 4.68 Å². The summed E-state index contributed by atoms with van der Waals surface area (Å²) in [5.74, 6) is 0.665. The number of hydrogen-bond donors (Lipinski definition) is 1. The Balaban J connectivity index is 1.63. The first kappa shape index (κ1) is 13.4. The third kappa shape index (κ3) is 3.13. The van der Waals surface area contributed by atoms with Gasteiger partial charge in [-0.05, 0) is 31.4 Å². The van der Waals surface area contributed by atoms with E-state index in [0.29, 0.717) is 12.2 Å². The molecule has 7 heteroatoms. The second-order valence-corrected chi connectivity index (χ2v) is 4.79. The highest BCUT2D eigenvalue weighted by atomic mass is 16.7. The van der Waals surface area contributed by atoms with E-state index in [1.807, 2.05) is 24.4 Å². The number of aromatic nitrogens is 3. The van der Waals surface area contributed by atoms with Gasteiger partial charge in [0.1, 0.15) is 0 Å². The number of benzene rings is 1. The Hall–Kier alpha value is -2.57. The lowest BCUT2D eigenvalue weighted by Crippen LogP contribution is -1.95.